The summed E-state index contributed by atoms with van der Waals surface area (Å²) in [6, 6.07) is 4.79. The first-order chi connectivity index (χ1) is 7.61. The quantitative estimate of drug-likeness (QED) is 0.763. The van der Waals surface area contributed by atoms with Gasteiger partial charge in [-0.15, -0.1) is 0 Å². The largest absolute Gasteiger partial charge is 0.503 e. The van der Waals surface area contributed by atoms with E-state index in [1.165, 1.54) is 24.9 Å². The molecule has 2 N–H and O–H groups in total. The van der Waals surface area contributed by atoms with Gasteiger partial charge in [-0.3, -0.25) is 9.88 Å². The zero-order chi connectivity index (χ0) is 12.0. The van der Waals surface area contributed by atoms with Gasteiger partial charge in [0.05, 0.1) is 0 Å². The van der Waals surface area contributed by atoms with Crippen LogP contribution in [0.3, 0.4) is 0 Å². The van der Waals surface area contributed by atoms with E-state index in [4.69, 9.17) is 15.0 Å². The molecule has 1 aromatic rings. The second-order valence-corrected chi connectivity index (χ2v) is 3.71. The number of pyridine rings is 1. The molecule has 0 radical (unpaired) electrons. The predicted molar refractivity (Wildman–Crippen MR) is 59.5 cm³/mol. The van der Waals surface area contributed by atoms with E-state index in [0.29, 0.717) is 6.04 Å². The first-order valence-electron chi connectivity index (χ1n) is 5.13. The third-order valence-corrected chi connectivity index (χ3v) is 2.59. The number of carboxylic acid groups (broad SMARTS) is 2. The molecule has 5 heteroatoms. The number of likely N-dealkylation sites (tertiary alicyclic amines) is 1. The van der Waals surface area contributed by atoms with E-state index in [1.54, 1.807) is 0 Å². The number of hydrogen-bond donors (Lipinski definition) is 2. The fourth-order valence-corrected chi connectivity index (χ4v) is 1.90. The highest BCUT2D eigenvalue weighted by atomic mass is 16.6. The van der Waals surface area contributed by atoms with Crippen LogP contribution in [0.15, 0.2) is 24.5 Å². The van der Waals surface area contributed by atoms with E-state index in [-0.39, 0.29) is 0 Å². The molecular weight excluding hydrogens is 208 g/mol. The maximum absolute atomic E-state index is 8.56. The molecule has 1 aromatic heterocycles. The van der Waals surface area contributed by atoms with Crippen LogP contribution in [0.2, 0.25) is 0 Å². The van der Waals surface area contributed by atoms with E-state index in [9.17, 15) is 0 Å². The van der Waals surface area contributed by atoms with Crippen LogP contribution in [-0.4, -0.2) is 39.8 Å². The first-order valence-corrected chi connectivity index (χ1v) is 5.13. The second-order valence-electron chi connectivity index (χ2n) is 3.71. The molecule has 2 heterocycles. The summed E-state index contributed by atoms with van der Waals surface area (Å²) in [5.41, 5.74) is 1.36. The summed E-state index contributed by atoms with van der Waals surface area (Å²) < 4.78 is 0. The Morgan fingerprint density at radius 2 is 2.25 bits per heavy atom. The molecule has 1 atom stereocenters. The third kappa shape index (κ3) is 3.86. The van der Waals surface area contributed by atoms with Gasteiger partial charge in [0, 0.05) is 18.4 Å². The van der Waals surface area contributed by atoms with Gasteiger partial charge >= 0.3 is 6.16 Å². The molecule has 0 amide bonds. The lowest BCUT2D eigenvalue weighted by Gasteiger charge is -2.18. The van der Waals surface area contributed by atoms with Crippen LogP contribution in [0.5, 0.6) is 0 Å². The zero-order valence-electron chi connectivity index (χ0n) is 9.21. The van der Waals surface area contributed by atoms with Gasteiger partial charge in [0.1, 0.15) is 0 Å². The normalized spacial score (nSPS) is 19.9. The Morgan fingerprint density at radius 1 is 1.56 bits per heavy atom. The molecule has 1 aliphatic heterocycles. The monoisotopic (exact) mass is 224 g/mol. The number of aromatic nitrogens is 1. The van der Waals surface area contributed by atoms with E-state index in [1.807, 2.05) is 18.5 Å². The van der Waals surface area contributed by atoms with Crippen molar-refractivity contribution in [2.75, 3.05) is 13.6 Å². The number of carbonyl (C=O) groups is 1. The van der Waals surface area contributed by atoms with Gasteiger partial charge < -0.3 is 10.2 Å². The minimum atomic E-state index is -1.83. The number of rotatable bonds is 1. The summed E-state index contributed by atoms with van der Waals surface area (Å²) in [5, 5.41) is 13.9. The Kier molecular flexibility index (Phi) is 4.72. The van der Waals surface area contributed by atoms with E-state index in [2.05, 4.69) is 23.0 Å². The van der Waals surface area contributed by atoms with E-state index in [0.717, 1.165) is 0 Å². The molecule has 1 unspecified atom stereocenters. The topological polar surface area (TPSA) is 73.7 Å². The molecule has 0 spiro atoms. The van der Waals surface area contributed by atoms with Crippen molar-refractivity contribution in [3.05, 3.63) is 30.1 Å². The SMILES string of the molecule is CN1CCCC1c1cccnc1.O=C(O)O. The van der Waals surface area contributed by atoms with Crippen molar-refractivity contribution in [3.8, 4) is 0 Å². The fraction of sp³-hybridized carbons (Fsp3) is 0.455. The van der Waals surface area contributed by atoms with Gasteiger partial charge in [-0.25, -0.2) is 4.79 Å². The van der Waals surface area contributed by atoms with Crippen molar-refractivity contribution < 1.29 is 15.0 Å². The standard InChI is InChI=1S/C10H14N2.CH2O3/c1-12-7-3-5-10(12)9-4-2-6-11-8-9;2-1(3)4/h2,4,6,8,10H,3,5,7H2,1H3;(H2,2,3,4). The maximum Gasteiger partial charge on any atom is 0.503 e. The van der Waals surface area contributed by atoms with Crippen molar-refractivity contribution in [1.29, 1.82) is 0 Å². The average molecular weight is 224 g/mol. The summed E-state index contributed by atoms with van der Waals surface area (Å²) in [6.45, 7) is 1.22. The van der Waals surface area contributed by atoms with Gasteiger partial charge in [0.15, 0.2) is 0 Å². The lowest BCUT2D eigenvalue weighted by molar-refractivity contribution is 0.137. The van der Waals surface area contributed by atoms with Crippen molar-refractivity contribution >= 4 is 6.16 Å². The summed E-state index contributed by atoms with van der Waals surface area (Å²) in [6.07, 6.45) is 4.57. The van der Waals surface area contributed by atoms with E-state index >= 15 is 0 Å². The molecule has 0 aromatic carbocycles. The zero-order valence-corrected chi connectivity index (χ0v) is 9.21. The molecule has 1 aliphatic rings. The smallest absolute Gasteiger partial charge is 0.450 e. The van der Waals surface area contributed by atoms with Gasteiger partial charge in [-0.2, -0.15) is 0 Å². The Labute approximate surface area is 94.4 Å². The number of hydrogen-bond acceptors (Lipinski definition) is 3. The minimum Gasteiger partial charge on any atom is -0.450 e. The van der Waals surface area contributed by atoms with Gasteiger partial charge in [-0.05, 0) is 38.1 Å². The molecule has 16 heavy (non-hydrogen) atoms. The van der Waals surface area contributed by atoms with E-state index < -0.39 is 6.16 Å². The van der Waals surface area contributed by atoms with Crippen LogP contribution in [-0.2, 0) is 0 Å². The van der Waals surface area contributed by atoms with Crippen LogP contribution in [0, 0.1) is 0 Å². The molecule has 0 aliphatic carbocycles. The van der Waals surface area contributed by atoms with Crippen LogP contribution in [0.4, 0.5) is 4.79 Å². The Hall–Kier alpha value is -1.62. The maximum atomic E-state index is 8.56. The van der Waals surface area contributed by atoms with Crippen LogP contribution in [0.1, 0.15) is 24.4 Å². The highest BCUT2D eigenvalue weighted by molar-refractivity contribution is 5.53. The molecular formula is C11H16N2O3. The lowest BCUT2D eigenvalue weighted by atomic mass is 10.1. The third-order valence-electron chi connectivity index (χ3n) is 2.59. The van der Waals surface area contributed by atoms with Crippen LogP contribution in [0.25, 0.3) is 0 Å². The van der Waals surface area contributed by atoms with Crippen LogP contribution >= 0.6 is 0 Å². The van der Waals surface area contributed by atoms with Crippen molar-refractivity contribution in [2.45, 2.75) is 18.9 Å². The summed E-state index contributed by atoms with van der Waals surface area (Å²) in [7, 11) is 2.19. The Balaban J connectivity index is 0.000000280. The minimum absolute atomic E-state index is 0.610. The Bertz CT molecular complexity index is 325. The molecule has 0 bridgehead atoms. The Morgan fingerprint density at radius 3 is 2.69 bits per heavy atom. The second kappa shape index (κ2) is 6.07. The van der Waals surface area contributed by atoms with Gasteiger partial charge in [0.25, 0.3) is 0 Å². The molecule has 5 nitrogen and oxygen atoms in total. The molecule has 1 fully saturated rings. The lowest BCUT2D eigenvalue weighted by Crippen LogP contribution is -2.17. The first kappa shape index (κ1) is 12.4. The summed E-state index contributed by atoms with van der Waals surface area (Å²) in [5.74, 6) is 0. The highest BCUT2D eigenvalue weighted by Crippen LogP contribution is 2.29. The summed E-state index contributed by atoms with van der Waals surface area (Å²) in [4.78, 5) is 15.1. The highest BCUT2D eigenvalue weighted by Gasteiger charge is 2.21. The van der Waals surface area contributed by atoms with Crippen molar-refractivity contribution in [2.24, 2.45) is 0 Å². The molecule has 0 saturated carbocycles. The number of nitrogens with zero attached hydrogens (tertiary/aromatic N) is 2. The van der Waals surface area contributed by atoms with Gasteiger partial charge in [-0.1, -0.05) is 6.07 Å². The van der Waals surface area contributed by atoms with Crippen LogP contribution < -0.4 is 0 Å². The molecule has 1 saturated heterocycles. The summed E-state index contributed by atoms with van der Waals surface area (Å²) >= 11 is 0. The van der Waals surface area contributed by atoms with Crippen molar-refractivity contribution in [1.82, 2.24) is 9.88 Å². The fourth-order valence-electron chi connectivity index (χ4n) is 1.90. The predicted octanol–water partition coefficient (Wildman–Crippen LogP) is 2.07. The average Bonchev–Trinajstić information content (AvgIpc) is 2.65. The molecule has 2 rings (SSSR count). The molecule has 88 valence electrons. The van der Waals surface area contributed by atoms with Crippen molar-refractivity contribution in [3.63, 3.8) is 0 Å². The van der Waals surface area contributed by atoms with Gasteiger partial charge in [0.2, 0.25) is 0 Å².